The number of benzene rings is 1. The van der Waals surface area contributed by atoms with Crippen molar-refractivity contribution in [2.45, 2.75) is 33.4 Å². The number of hydrogen-bond donors (Lipinski definition) is 1. The fourth-order valence-corrected chi connectivity index (χ4v) is 2.52. The second-order valence-corrected chi connectivity index (χ2v) is 5.26. The van der Waals surface area contributed by atoms with Crippen LogP contribution in [0, 0.1) is 6.92 Å². The second kappa shape index (κ2) is 7.17. The highest BCUT2D eigenvalue weighted by molar-refractivity contribution is 5.95. The molecule has 1 atom stereocenters. The van der Waals surface area contributed by atoms with Crippen LogP contribution in [0.2, 0.25) is 0 Å². The number of amides is 1. The molecule has 0 bridgehead atoms. The predicted molar refractivity (Wildman–Crippen MR) is 88.1 cm³/mol. The third kappa shape index (κ3) is 3.47. The lowest BCUT2D eigenvalue weighted by Gasteiger charge is -2.18. The van der Waals surface area contributed by atoms with Crippen molar-refractivity contribution in [1.29, 1.82) is 0 Å². The van der Waals surface area contributed by atoms with Gasteiger partial charge in [-0.1, -0.05) is 0 Å². The number of carbonyl (C=O) groups is 1. The number of ether oxygens (including phenoxy) is 2. The summed E-state index contributed by atoms with van der Waals surface area (Å²) in [6.45, 7) is 6.53. The van der Waals surface area contributed by atoms with Gasteiger partial charge in [-0.05, 0) is 39.0 Å². The quantitative estimate of drug-likeness (QED) is 0.889. The van der Waals surface area contributed by atoms with Gasteiger partial charge >= 0.3 is 0 Å². The molecule has 1 aromatic heterocycles. The van der Waals surface area contributed by atoms with Crippen LogP contribution in [-0.4, -0.2) is 29.9 Å². The van der Waals surface area contributed by atoms with E-state index in [4.69, 9.17) is 9.47 Å². The number of rotatable bonds is 6. The number of carbonyl (C=O) groups excluding carboxylic acids is 1. The lowest BCUT2D eigenvalue weighted by atomic mass is 10.1. The Labute approximate surface area is 136 Å². The number of nitrogens with one attached hydrogen (secondary N) is 1. The fraction of sp³-hybridized carbons (Fsp3) is 0.412. The number of nitrogens with zero attached hydrogens (tertiary/aromatic N) is 2. The molecule has 6 heteroatoms. The number of aryl methyl sites for hydroxylation is 1. The van der Waals surface area contributed by atoms with E-state index in [-0.39, 0.29) is 11.9 Å². The number of methoxy groups -OCH3 is 2. The summed E-state index contributed by atoms with van der Waals surface area (Å²) in [7, 11) is 3.21. The summed E-state index contributed by atoms with van der Waals surface area (Å²) >= 11 is 0. The van der Waals surface area contributed by atoms with Crippen molar-refractivity contribution in [2.75, 3.05) is 14.2 Å². The van der Waals surface area contributed by atoms with Crippen LogP contribution in [0.4, 0.5) is 0 Å². The first-order valence-corrected chi connectivity index (χ1v) is 7.57. The molecular formula is C17H23N3O3. The zero-order valence-electron chi connectivity index (χ0n) is 14.2. The van der Waals surface area contributed by atoms with E-state index in [1.807, 2.05) is 39.0 Å². The van der Waals surface area contributed by atoms with Gasteiger partial charge in [0.05, 0.1) is 32.0 Å². The van der Waals surface area contributed by atoms with Crippen molar-refractivity contribution in [1.82, 2.24) is 15.1 Å². The molecule has 0 spiro atoms. The Morgan fingerprint density at radius 3 is 2.65 bits per heavy atom. The molecule has 6 nitrogen and oxygen atoms in total. The molecule has 0 saturated heterocycles. The van der Waals surface area contributed by atoms with Crippen molar-refractivity contribution in [2.24, 2.45) is 0 Å². The highest BCUT2D eigenvalue weighted by Gasteiger charge is 2.19. The van der Waals surface area contributed by atoms with Gasteiger partial charge in [0.2, 0.25) is 0 Å². The van der Waals surface area contributed by atoms with E-state index in [0.29, 0.717) is 11.3 Å². The topological polar surface area (TPSA) is 65.4 Å². The van der Waals surface area contributed by atoms with Crippen LogP contribution in [-0.2, 0) is 6.54 Å². The molecular weight excluding hydrogens is 294 g/mol. The molecule has 1 heterocycles. The summed E-state index contributed by atoms with van der Waals surface area (Å²) < 4.78 is 12.4. The predicted octanol–water partition coefficient (Wildman–Crippen LogP) is 2.72. The summed E-state index contributed by atoms with van der Waals surface area (Å²) in [5.41, 5.74) is 2.30. The van der Waals surface area contributed by atoms with Gasteiger partial charge < -0.3 is 14.8 Å². The normalized spacial score (nSPS) is 11.9. The minimum Gasteiger partial charge on any atom is -0.497 e. The molecule has 2 rings (SSSR count). The molecule has 0 aliphatic carbocycles. The summed E-state index contributed by atoms with van der Waals surface area (Å²) in [4.78, 5) is 12.5. The third-order valence-corrected chi connectivity index (χ3v) is 3.90. The molecule has 1 N–H and O–H groups in total. The van der Waals surface area contributed by atoms with E-state index < -0.39 is 0 Å². The van der Waals surface area contributed by atoms with Gasteiger partial charge in [0, 0.05) is 17.8 Å². The van der Waals surface area contributed by atoms with E-state index in [0.717, 1.165) is 23.6 Å². The third-order valence-electron chi connectivity index (χ3n) is 3.90. The standard InChI is InChI=1S/C17H23N3O3/c1-6-20-12(3)15(10-18-20)17(21)19-11(2)14-9-13(22-4)7-8-16(14)23-5/h7-11H,6H2,1-5H3,(H,19,21). The maximum Gasteiger partial charge on any atom is 0.255 e. The minimum absolute atomic E-state index is 0.153. The molecule has 0 saturated carbocycles. The number of hydrogen-bond acceptors (Lipinski definition) is 4. The Balaban J connectivity index is 2.22. The van der Waals surface area contributed by atoms with E-state index in [2.05, 4.69) is 10.4 Å². The average Bonchev–Trinajstić information content (AvgIpc) is 2.94. The molecule has 23 heavy (non-hydrogen) atoms. The molecule has 2 aromatic rings. The Morgan fingerprint density at radius 2 is 2.09 bits per heavy atom. The maximum absolute atomic E-state index is 12.5. The minimum atomic E-state index is -0.225. The van der Waals surface area contributed by atoms with E-state index in [1.165, 1.54) is 0 Å². The molecule has 0 aliphatic heterocycles. The maximum atomic E-state index is 12.5. The Kier molecular flexibility index (Phi) is 5.26. The summed E-state index contributed by atoms with van der Waals surface area (Å²) in [6, 6.07) is 5.30. The summed E-state index contributed by atoms with van der Waals surface area (Å²) in [6.07, 6.45) is 1.60. The van der Waals surface area contributed by atoms with Crippen LogP contribution in [0.1, 0.15) is 41.5 Å². The lowest BCUT2D eigenvalue weighted by Crippen LogP contribution is -2.27. The summed E-state index contributed by atoms with van der Waals surface area (Å²) in [5.74, 6) is 1.27. The Morgan fingerprint density at radius 1 is 1.35 bits per heavy atom. The van der Waals surface area contributed by atoms with Crippen molar-refractivity contribution >= 4 is 5.91 Å². The van der Waals surface area contributed by atoms with Crippen LogP contribution in [0.25, 0.3) is 0 Å². The lowest BCUT2D eigenvalue weighted by molar-refractivity contribution is 0.0938. The van der Waals surface area contributed by atoms with Crippen molar-refractivity contribution < 1.29 is 14.3 Å². The van der Waals surface area contributed by atoms with Gasteiger partial charge in [-0.2, -0.15) is 5.10 Å². The highest BCUT2D eigenvalue weighted by Crippen LogP contribution is 2.29. The number of aromatic nitrogens is 2. The largest absolute Gasteiger partial charge is 0.497 e. The first-order chi connectivity index (χ1) is 11.0. The molecule has 124 valence electrons. The van der Waals surface area contributed by atoms with Gasteiger partial charge in [-0.3, -0.25) is 9.48 Å². The average molecular weight is 317 g/mol. The van der Waals surface area contributed by atoms with Gasteiger partial charge in [0.15, 0.2) is 0 Å². The Hall–Kier alpha value is -2.50. The van der Waals surface area contributed by atoms with Crippen LogP contribution < -0.4 is 14.8 Å². The highest BCUT2D eigenvalue weighted by atomic mass is 16.5. The van der Waals surface area contributed by atoms with E-state index in [9.17, 15) is 4.79 Å². The zero-order valence-corrected chi connectivity index (χ0v) is 14.2. The second-order valence-electron chi connectivity index (χ2n) is 5.26. The first-order valence-electron chi connectivity index (χ1n) is 7.57. The van der Waals surface area contributed by atoms with Gasteiger partial charge in [-0.25, -0.2) is 0 Å². The summed E-state index contributed by atoms with van der Waals surface area (Å²) in [5, 5.41) is 7.20. The molecule has 0 aliphatic rings. The molecule has 0 fully saturated rings. The van der Waals surface area contributed by atoms with Gasteiger partial charge in [0.25, 0.3) is 5.91 Å². The zero-order chi connectivity index (χ0) is 17.0. The van der Waals surface area contributed by atoms with Crippen molar-refractivity contribution in [3.63, 3.8) is 0 Å². The molecule has 1 unspecified atom stereocenters. The Bertz CT molecular complexity index is 694. The fourth-order valence-electron chi connectivity index (χ4n) is 2.52. The SMILES string of the molecule is CCn1ncc(C(=O)NC(C)c2cc(OC)ccc2OC)c1C. The van der Waals surface area contributed by atoms with Gasteiger partial charge in [-0.15, -0.1) is 0 Å². The molecule has 1 aromatic carbocycles. The first kappa shape index (κ1) is 16.9. The monoisotopic (exact) mass is 317 g/mol. The van der Waals surface area contributed by atoms with Crippen LogP contribution in [0.3, 0.4) is 0 Å². The van der Waals surface area contributed by atoms with E-state index in [1.54, 1.807) is 25.1 Å². The van der Waals surface area contributed by atoms with Crippen LogP contribution in [0.15, 0.2) is 24.4 Å². The van der Waals surface area contributed by atoms with Crippen LogP contribution in [0.5, 0.6) is 11.5 Å². The van der Waals surface area contributed by atoms with Crippen molar-refractivity contribution in [3.05, 3.63) is 41.2 Å². The molecule has 1 amide bonds. The smallest absolute Gasteiger partial charge is 0.255 e. The molecule has 0 radical (unpaired) electrons. The van der Waals surface area contributed by atoms with Gasteiger partial charge in [0.1, 0.15) is 11.5 Å². The van der Waals surface area contributed by atoms with Crippen LogP contribution >= 0.6 is 0 Å². The van der Waals surface area contributed by atoms with Crippen molar-refractivity contribution in [3.8, 4) is 11.5 Å². The van der Waals surface area contributed by atoms with E-state index >= 15 is 0 Å².